The Hall–Kier alpha value is -2.78. The largest absolute Gasteiger partial charge is 0.388 e. The van der Waals surface area contributed by atoms with Crippen molar-refractivity contribution in [3.05, 3.63) is 71.3 Å². The zero-order chi connectivity index (χ0) is 23.3. The summed E-state index contributed by atoms with van der Waals surface area (Å²) >= 11 is 1.22. The number of halogens is 2. The number of amidine groups is 1. The molecule has 3 N–H and O–H groups in total. The summed E-state index contributed by atoms with van der Waals surface area (Å²) in [6, 6.07) is 12.5. The summed E-state index contributed by atoms with van der Waals surface area (Å²) in [5.41, 5.74) is 6.30. The van der Waals surface area contributed by atoms with Gasteiger partial charge in [-0.05, 0) is 49.9 Å². The molecule has 2 aromatic rings. The highest BCUT2D eigenvalue weighted by Gasteiger charge is 2.49. The highest BCUT2D eigenvalue weighted by Crippen LogP contribution is 2.51. The Morgan fingerprint density at radius 2 is 1.97 bits per heavy atom. The zero-order valence-corrected chi connectivity index (χ0v) is 18.8. The van der Waals surface area contributed by atoms with Crippen molar-refractivity contribution in [3.63, 3.8) is 0 Å². The zero-order valence-electron chi connectivity index (χ0n) is 18.0. The second-order valence-corrected chi connectivity index (χ2v) is 8.81. The third-order valence-electron chi connectivity index (χ3n) is 5.30. The van der Waals surface area contributed by atoms with Crippen molar-refractivity contribution in [2.45, 2.75) is 43.6 Å². The maximum atomic E-state index is 14.6. The third-order valence-corrected chi connectivity index (χ3v) is 6.75. The summed E-state index contributed by atoms with van der Waals surface area (Å²) in [5, 5.41) is 13.5. The fourth-order valence-electron chi connectivity index (χ4n) is 3.53. The molecule has 9 heteroatoms. The first kappa shape index (κ1) is 23.9. The van der Waals surface area contributed by atoms with Gasteiger partial charge in [-0.3, -0.25) is 10.2 Å². The highest BCUT2D eigenvalue weighted by atomic mass is 32.2. The lowest BCUT2D eigenvalue weighted by atomic mass is 9.98. The number of rotatable bonds is 9. The summed E-state index contributed by atoms with van der Waals surface area (Å²) in [4.78, 5) is 12.3. The van der Waals surface area contributed by atoms with Crippen LogP contribution in [0.1, 0.15) is 43.7 Å². The minimum atomic E-state index is -0.976. The van der Waals surface area contributed by atoms with Crippen LogP contribution in [0.4, 0.5) is 8.78 Å². The van der Waals surface area contributed by atoms with Crippen molar-refractivity contribution in [1.82, 2.24) is 5.01 Å². The fraction of sp³-hybridized carbons (Fsp3) is 0.348. The number of nitrogens with two attached hydrogens (primary N) is 1. The second-order valence-electron chi connectivity index (χ2n) is 7.54. The Labute approximate surface area is 190 Å². The summed E-state index contributed by atoms with van der Waals surface area (Å²) in [6.45, 7) is 1.62. The van der Waals surface area contributed by atoms with Gasteiger partial charge in [-0.25, -0.2) is 13.8 Å². The molecule has 0 spiro atoms. The predicted molar refractivity (Wildman–Crippen MR) is 122 cm³/mol. The van der Waals surface area contributed by atoms with E-state index in [4.69, 9.17) is 15.9 Å². The number of carbonyl (C=O) groups is 1. The molecule has 0 saturated heterocycles. The van der Waals surface area contributed by atoms with Gasteiger partial charge in [0.15, 0.2) is 0 Å². The van der Waals surface area contributed by atoms with Crippen LogP contribution in [-0.4, -0.2) is 35.0 Å². The molecule has 0 bridgehead atoms. The number of ether oxygens (including phenoxy) is 1. The van der Waals surface area contributed by atoms with E-state index < -0.39 is 22.6 Å². The molecule has 0 aromatic heterocycles. The van der Waals surface area contributed by atoms with Gasteiger partial charge in [-0.15, -0.1) is 0 Å². The predicted octanol–water partition coefficient (Wildman–Crippen LogP) is 4.59. The van der Waals surface area contributed by atoms with Crippen LogP contribution in [-0.2, 0) is 14.4 Å². The number of hydrogen-bond donors (Lipinski definition) is 2. The molecule has 2 atom stereocenters. The van der Waals surface area contributed by atoms with E-state index in [2.05, 4.69) is 5.10 Å². The smallest absolute Gasteiger partial charge is 0.273 e. The van der Waals surface area contributed by atoms with Crippen LogP contribution in [0.5, 0.6) is 0 Å². The maximum Gasteiger partial charge on any atom is 0.273 e. The van der Waals surface area contributed by atoms with Crippen molar-refractivity contribution in [3.8, 4) is 0 Å². The first-order chi connectivity index (χ1) is 15.3. The number of hydrazone groups is 1. The minimum Gasteiger partial charge on any atom is -0.388 e. The Kier molecular flexibility index (Phi) is 7.63. The van der Waals surface area contributed by atoms with E-state index in [0.717, 1.165) is 23.8 Å². The first-order valence-electron chi connectivity index (χ1n) is 10.3. The molecule has 170 valence electrons. The normalized spacial score (nSPS) is 19.0. The number of amides is 1. The molecule has 6 nitrogen and oxygen atoms in total. The van der Waals surface area contributed by atoms with Gasteiger partial charge in [0.1, 0.15) is 27.7 Å². The summed E-state index contributed by atoms with van der Waals surface area (Å²) in [6.07, 6.45) is 1.42. The van der Waals surface area contributed by atoms with Gasteiger partial charge in [-0.2, -0.15) is 5.10 Å². The van der Waals surface area contributed by atoms with Crippen molar-refractivity contribution in [2.75, 3.05) is 7.11 Å². The topological polar surface area (TPSA) is 91.8 Å². The Morgan fingerprint density at radius 1 is 1.25 bits per heavy atom. The SMILES string of the molecule is CO[C@@H](C)C(=O)N1N=C(c2cc(F)ccc2F)SC1(CCCCC(=N)N)c1ccccc1. The summed E-state index contributed by atoms with van der Waals surface area (Å²) in [5.74, 6) is -1.50. The average molecular weight is 461 g/mol. The quantitative estimate of drug-likeness (QED) is 0.325. The average Bonchev–Trinajstić information content (AvgIpc) is 3.18. The molecule has 0 fully saturated rings. The molecule has 1 heterocycles. The molecule has 3 rings (SSSR count). The van der Waals surface area contributed by atoms with Crippen LogP contribution in [0.25, 0.3) is 0 Å². The second kappa shape index (κ2) is 10.2. The summed E-state index contributed by atoms with van der Waals surface area (Å²) < 4.78 is 33.8. The van der Waals surface area contributed by atoms with Crippen molar-refractivity contribution < 1.29 is 18.3 Å². The Morgan fingerprint density at radius 3 is 2.62 bits per heavy atom. The van der Waals surface area contributed by atoms with Crippen LogP contribution in [0.15, 0.2) is 53.6 Å². The van der Waals surface area contributed by atoms with Crippen LogP contribution in [0.2, 0.25) is 0 Å². The molecule has 1 amide bonds. The van der Waals surface area contributed by atoms with Gasteiger partial charge in [0, 0.05) is 19.1 Å². The van der Waals surface area contributed by atoms with Gasteiger partial charge in [0.25, 0.3) is 5.91 Å². The molecule has 32 heavy (non-hydrogen) atoms. The van der Waals surface area contributed by atoms with E-state index in [-0.39, 0.29) is 22.3 Å². The molecular weight excluding hydrogens is 434 g/mol. The van der Waals surface area contributed by atoms with Crippen LogP contribution < -0.4 is 5.73 Å². The number of methoxy groups -OCH3 is 1. The number of nitrogens with zero attached hydrogens (tertiary/aromatic N) is 2. The first-order valence-corrected chi connectivity index (χ1v) is 11.1. The van der Waals surface area contributed by atoms with E-state index in [9.17, 15) is 13.6 Å². The van der Waals surface area contributed by atoms with Gasteiger partial charge in [0.2, 0.25) is 0 Å². The Balaban J connectivity index is 2.08. The van der Waals surface area contributed by atoms with Gasteiger partial charge in [-0.1, -0.05) is 42.1 Å². The lowest BCUT2D eigenvalue weighted by Crippen LogP contribution is -2.45. The molecular formula is C23H26F2N4O2S. The molecule has 0 radical (unpaired) electrons. The standard InChI is InChI=1S/C23H26F2N4O2S/c1-15(31-2)22(30)29-23(13-7-6-10-20(26)27,16-8-4-3-5-9-16)32-21(28-29)18-14-17(24)11-12-19(18)25/h3-5,8-9,11-12,14-15H,6-7,10,13H2,1-2H3,(H3,26,27)/t15-,23?/m0/s1. The molecule has 0 saturated carbocycles. The lowest BCUT2D eigenvalue weighted by Gasteiger charge is -2.37. The number of hydrogen-bond acceptors (Lipinski definition) is 5. The molecule has 0 aliphatic carbocycles. The molecule has 2 aromatic carbocycles. The number of benzene rings is 2. The lowest BCUT2D eigenvalue weighted by molar-refractivity contribution is -0.144. The maximum absolute atomic E-state index is 14.6. The van der Waals surface area contributed by atoms with E-state index >= 15 is 0 Å². The number of carbonyl (C=O) groups excluding carboxylic acids is 1. The molecule has 1 aliphatic heterocycles. The van der Waals surface area contributed by atoms with Crippen molar-refractivity contribution in [1.29, 1.82) is 5.41 Å². The van der Waals surface area contributed by atoms with Crippen LogP contribution in [0.3, 0.4) is 0 Å². The number of nitrogens with one attached hydrogen (secondary N) is 1. The van der Waals surface area contributed by atoms with Gasteiger partial charge >= 0.3 is 0 Å². The number of thioether (sulfide) groups is 1. The Bertz CT molecular complexity index is 1020. The van der Waals surface area contributed by atoms with Crippen LogP contribution >= 0.6 is 11.8 Å². The van der Waals surface area contributed by atoms with Crippen molar-refractivity contribution in [2.24, 2.45) is 10.8 Å². The van der Waals surface area contributed by atoms with Crippen molar-refractivity contribution >= 4 is 28.5 Å². The fourth-order valence-corrected chi connectivity index (χ4v) is 4.95. The van der Waals surface area contributed by atoms with E-state index in [1.807, 2.05) is 30.3 Å². The van der Waals surface area contributed by atoms with Gasteiger partial charge < -0.3 is 10.5 Å². The van der Waals surface area contributed by atoms with E-state index in [1.165, 1.54) is 23.9 Å². The highest BCUT2D eigenvalue weighted by molar-refractivity contribution is 8.15. The summed E-state index contributed by atoms with van der Waals surface area (Å²) in [7, 11) is 1.43. The molecule has 1 unspecified atom stereocenters. The monoisotopic (exact) mass is 460 g/mol. The van der Waals surface area contributed by atoms with E-state index in [1.54, 1.807) is 6.92 Å². The van der Waals surface area contributed by atoms with Crippen LogP contribution in [0, 0.1) is 17.0 Å². The minimum absolute atomic E-state index is 0.000544. The third kappa shape index (κ3) is 4.99. The van der Waals surface area contributed by atoms with E-state index in [0.29, 0.717) is 25.7 Å². The number of unbranched alkanes of at least 4 members (excludes halogenated alkanes) is 1. The van der Waals surface area contributed by atoms with Gasteiger partial charge in [0.05, 0.1) is 5.84 Å². The molecule has 1 aliphatic rings.